The average Bonchev–Trinajstić information content (AvgIpc) is 2.39. The molecule has 8 heteroatoms. The zero-order valence-electron chi connectivity index (χ0n) is 12.0. The van der Waals surface area contributed by atoms with Gasteiger partial charge in [-0.1, -0.05) is 13.8 Å². The number of hydrogen-bond acceptors (Lipinski definition) is 5. The van der Waals surface area contributed by atoms with Gasteiger partial charge in [-0.2, -0.15) is 11.8 Å². The summed E-state index contributed by atoms with van der Waals surface area (Å²) in [6.45, 7) is 3.32. The topological polar surface area (TPSA) is 122 Å². The number of rotatable bonds is 9. The van der Waals surface area contributed by atoms with Crippen molar-refractivity contribution in [3.05, 3.63) is 0 Å². The maximum atomic E-state index is 11.6. The highest BCUT2D eigenvalue weighted by atomic mass is 32.2. The Morgan fingerprint density at radius 1 is 1.30 bits per heavy atom. The fourth-order valence-electron chi connectivity index (χ4n) is 1.33. The van der Waals surface area contributed by atoms with E-state index in [2.05, 4.69) is 10.6 Å². The maximum absolute atomic E-state index is 11.6. The molecule has 7 nitrogen and oxygen atoms in total. The van der Waals surface area contributed by atoms with Crippen molar-refractivity contribution in [1.82, 2.24) is 10.6 Å². The van der Waals surface area contributed by atoms with E-state index in [-0.39, 0.29) is 12.5 Å². The number of nitrogens with one attached hydrogen (secondary N) is 2. The second-order valence-electron chi connectivity index (χ2n) is 4.73. The molecule has 0 rings (SSSR count). The molecule has 2 amide bonds. The number of hydrogen-bond donors (Lipinski definition) is 4. The highest BCUT2D eigenvalue weighted by Gasteiger charge is 2.21. The monoisotopic (exact) mass is 305 g/mol. The molecular formula is C12H23N3O4S. The number of nitrogens with two attached hydrogens (primary N) is 1. The number of carboxylic acids is 1. The number of aliphatic carboxylic acids is 1. The molecule has 5 N–H and O–H groups in total. The normalized spacial score (nSPS) is 13.7. The van der Waals surface area contributed by atoms with Crippen LogP contribution in [0.3, 0.4) is 0 Å². The van der Waals surface area contributed by atoms with Crippen LogP contribution >= 0.6 is 11.8 Å². The number of amides is 2. The van der Waals surface area contributed by atoms with Gasteiger partial charge in [-0.15, -0.1) is 0 Å². The van der Waals surface area contributed by atoms with E-state index in [1.165, 1.54) is 11.8 Å². The molecule has 0 saturated carbocycles. The first-order valence-electron chi connectivity index (χ1n) is 6.34. The maximum Gasteiger partial charge on any atom is 0.326 e. The Hall–Kier alpha value is -1.28. The molecule has 0 heterocycles. The summed E-state index contributed by atoms with van der Waals surface area (Å²) in [5.41, 5.74) is 5.62. The lowest BCUT2D eigenvalue weighted by molar-refractivity contribution is -0.141. The molecule has 1 unspecified atom stereocenters. The molecule has 0 bridgehead atoms. The van der Waals surface area contributed by atoms with E-state index in [0.717, 1.165) is 0 Å². The average molecular weight is 305 g/mol. The molecule has 20 heavy (non-hydrogen) atoms. The molecule has 116 valence electrons. The van der Waals surface area contributed by atoms with Crippen molar-refractivity contribution >= 4 is 29.5 Å². The van der Waals surface area contributed by atoms with Crippen molar-refractivity contribution in [2.45, 2.75) is 32.4 Å². The Balaban J connectivity index is 4.20. The molecule has 0 aliphatic carbocycles. The van der Waals surface area contributed by atoms with Gasteiger partial charge in [0.05, 0.1) is 12.6 Å². The van der Waals surface area contributed by atoms with E-state index in [1.807, 2.05) is 6.26 Å². The largest absolute Gasteiger partial charge is 0.480 e. The molecule has 2 atom stereocenters. The third-order valence-electron chi connectivity index (χ3n) is 2.69. The van der Waals surface area contributed by atoms with Crippen LogP contribution in [0.15, 0.2) is 0 Å². The minimum atomic E-state index is -1.09. The van der Waals surface area contributed by atoms with Gasteiger partial charge in [0.15, 0.2) is 0 Å². The highest BCUT2D eigenvalue weighted by Crippen LogP contribution is 2.01. The van der Waals surface area contributed by atoms with Crippen LogP contribution in [0.4, 0.5) is 0 Å². The lowest BCUT2D eigenvalue weighted by Gasteiger charge is -2.17. The zero-order chi connectivity index (χ0) is 15.7. The molecule has 0 radical (unpaired) electrons. The molecule has 0 aliphatic heterocycles. The van der Waals surface area contributed by atoms with Gasteiger partial charge in [0.2, 0.25) is 11.8 Å². The van der Waals surface area contributed by atoms with Gasteiger partial charge in [-0.3, -0.25) is 9.59 Å². The fourth-order valence-corrected chi connectivity index (χ4v) is 1.80. The Morgan fingerprint density at radius 2 is 1.90 bits per heavy atom. The minimum absolute atomic E-state index is 0.0357. The van der Waals surface area contributed by atoms with Gasteiger partial charge in [0.25, 0.3) is 0 Å². The number of thioether (sulfide) groups is 1. The SMILES string of the molecule is CSCCC(NC(=O)CNC(=O)[C@@H](N)C(C)C)C(=O)O. The van der Waals surface area contributed by atoms with Gasteiger partial charge in [-0.25, -0.2) is 4.79 Å². The summed E-state index contributed by atoms with van der Waals surface area (Å²) in [5.74, 6) is -1.46. The van der Waals surface area contributed by atoms with Crippen molar-refractivity contribution in [3.63, 3.8) is 0 Å². The molecule has 0 aromatic rings. The fraction of sp³-hybridized carbons (Fsp3) is 0.750. The number of carbonyl (C=O) groups is 3. The quantitative estimate of drug-likeness (QED) is 0.452. The van der Waals surface area contributed by atoms with Gasteiger partial charge in [0.1, 0.15) is 6.04 Å². The zero-order valence-corrected chi connectivity index (χ0v) is 12.8. The van der Waals surface area contributed by atoms with Crippen LogP contribution in [-0.4, -0.2) is 53.5 Å². The summed E-state index contributed by atoms with van der Waals surface area (Å²) < 4.78 is 0. The van der Waals surface area contributed by atoms with Crippen LogP contribution in [0, 0.1) is 5.92 Å². The van der Waals surface area contributed by atoms with Crippen molar-refractivity contribution in [1.29, 1.82) is 0 Å². The molecule has 0 aromatic carbocycles. The third-order valence-corrected chi connectivity index (χ3v) is 3.33. The van der Waals surface area contributed by atoms with Crippen molar-refractivity contribution < 1.29 is 19.5 Å². The summed E-state index contributed by atoms with van der Waals surface area (Å²) in [6.07, 6.45) is 2.19. The number of carbonyl (C=O) groups excluding carboxylic acids is 2. The predicted molar refractivity (Wildman–Crippen MR) is 78.4 cm³/mol. The first-order chi connectivity index (χ1) is 9.29. The van der Waals surface area contributed by atoms with E-state index in [9.17, 15) is 14.4 Å². The van der Waals surface area contributed by atoms with Crippen molar-refractivity contribution in [2.24, 2.45) is 11.7 Å². The van der Waals surface area contributed by atoms with E-state index < -0.39 is 29.9 Å². The second-order valence-corrected chi connectivity index (χ2v) is 5.71. The smallest absolute Gasteiger partial charge is 0.326 e. The molecule has 0 saturated heterocycles. The lowest BCUT2D eigenvalue weighted by atomic mass is 10.1. The summed E-state index contributed by atoms with van der Waals surface area (Å²) in [5, 5.41) is 13.7. The Bertz CT molecular complexity index is 350. The summed E-state index contributed by atoms with van der Waals surface area (Å²) in [4.78, 5) is 34.1. The Labute approximate surface area is 123 Å². The Kier molecular flexibility index (Phi) is 8.98. The first-order valence-corrected chi connectivity index (χ1v) is 7.73. The molecule has 0 aliphatic rings. The molecular weight excluding hydrogens is 282 g/mol. The highest BCUT2D eigenvalue weighted by molar-refractivity contribution is 7.98. The molecule has 0 spiro atoms. The Morgan fingerprint density at radius 3 is 2.35 bits per heavy atom. The van der Waals surface area contributed by atoms with E-state index >= 15 is 0 Å². The standard InChI is InChI=1S/C12H23N3O4S/c1-7(2)10(13)11(17)14-6-9(16)15-8(12(18)19)4-5-20-3/h7-8,10H,4-6,13H2,1-3H3,(H,14,17)(H,15,16)(H,18,19)/t8?,10-/m0/s1. The summed E-state index contributed by atoms with van der Waals surface area (Å²) in [7, 11) is 0. The van der Waals surface area contributed by atoms with Crippen LogP contribution in [0.5, 0.6) is 0 Å². The second kappa shape index (κ2) is 9.60. The van der Waals surface area contributed by atoms with Crippen LogP contribution in [0.1, 0.15) is 20.3 Å². The van der Waals surface area contributed by atoms with E-state index in [1.54, 1.807) is 13.8 Å². The van der Waals surface area contributed by atoms with Crippen LogP contribution in [0.2, 0.25) is 0 Å². The third kappa shape index (κ3) is 7.34. The van der Waals surface area contributed by atoms with Gasteiger partial charge < -0.3 is 21.5 Å². The number of carboxylic acid groups (broad SMARTS) is 1. The summed E-state index contributed by atoms with van der Waals surface area (Å²) in [6, 6.07) is -1.62. The van der Waals surface area contributed by atoms with Crippen LogP contribution < -0.4 is 16.4 Å². The van der Waals surface area contributed by atoms with Crippen molar-refractivity contribution in [2.75, 3.05) is 18.6 Å². The van der Waals surface area contributed by atoms with Crippen LogP contribution in [-0.2, 0) is 14.4 Å². The van der Waals surface area contributed by atoms with Crippen molar-refractivity contribution in [3.8, 4) is 0 Å². The lowest BCUT2D eigenvalue weighted by Crippen LogP contribution is -2.49. The van der Waals surface area contributed by atoms with Gasteiger partial charge >= 0.3 is 5.97 Å². The molecule has 0 aromatic heterocycles. The van der Waals surface area contributed by atoms with Gasteiger partial charge in [-0.05, 0) is 24.3 Å². The first kappa shape index (κ1) is 18.7. The minimum Gasteiger partial charge on any atom is -0.480 e. The van der Waals surface area contributed by atoms with Crippen LogP contribution in [0.25, 0.3) is 0 Å². The van der Waals surface area contributed by atoms with Gasteiger partial charge in [0, 0.05) is 0 Å². The summed E-state index contributed by atoms with van der Waals surface area (Å²) >= 11 is 1.50. The predicted octanol–water partition coefficient (Wildman–Crippen LogP) is -0.592. The molecule has 0 fully saturated rings. The van der Waals surface area contributed by atoms with E-state index in [4.69, 9.17) is 10.8 Å². The van der Waals surface area contributed by atoms with E-state index in [0.29, 0.717) is 12.2 Å².